The van der Waals surface area contributed by atoms with Crippen molar-refractivity contribution < 1.29 is 9.84 Å². The van der Waals surface area contributed by atoms with Crippen molar-refractivity contribution in [3.63, 3.8) is 0 Å². The van der Waals surface area contributed by atoms with E-state index in [9.17, 15) is 19.5 Å². The Morgan fingerprint density at radius 2 is 1.92 bits per heavy atom. The van der Waals surface area contributed by atoms with E-state index in [1.165, 1.54) is 26.2 Å². The highest BCUT2D eigenvalue weighted by Gasteiger charge is 2.19. The van der Waals surface area contributed by atoms with Crippen LogP contribution >= 0.6 is 15.9 Å². The van der Waals surface area contributed by atoms with Crippen molar-refractivity contribution in [2.24, 2.45) is 14.1 Å². The molecule has 0 aliphatic rings. The molecule has 2 heterocycles. The van der Waals surface area contributed by atoms with Gasteiger partial charge in [0.1, 0.15) is 5.39 Å². The minimum atomic E-state index is -0.710. The molecule has 0 radical (unpaired) electrons. The lowest BCUT2D eigenvalue weighted by molar-refractivity contribution is 0.317. The second-order valence-electron chi connectivity index (χ2n) is 5.56. The van der Waals surface area contributed by atoms with Crippen molar-refractivity contribution in [3.05, 3.63) is 47.9 Å². The van der Waals surface area contributed by atoms with Crippen LogP contribution in [-0.4, -0.2) is 30.8 Å². The van der Waals surface area contributed by atoms with Gasteiger partial charge in [0.05, 0.1) is 16.8 Å². The first-order valence-electron chi connectivity index (χ1n) is 7.62. The highest BCUT2D eigenvalue weighted by Crippen LogP contribution is 2.38. The number of ether oxygens (including phenoxy) is 1. The van der Waals surface area contributed by atoms with Crippen LogP contribution < -0.4 is 21.7 Å². The predicted octanol–water partition coefficient (Wildman–Crippen LogP) is 0.854. The molecule has 0 aliphatic carbocycles. The number of hydrogen-bond donors (Lipinski definition) is 2. The molecule has 0 aliphatic heterocycles. The Morgan fingerprint density at radius 1 is 1.23 bits per heavy atom. The van der Waals surface area contributed by atoms with Gasteiger partial charge in [-0.1, -0.05) is 0 Å². The summed E-state index contributed by atoms with van der Waals surface area (Å²) in [5.41, 5.74) is -1.33. The summed E-state index contributed by atoms with van der Waals surface area (Å²) >= 11 is 3.23. The quantitative estimate of drug-likeness (QED) is 0.645. The van der Waals surface area contributed by atoms with Crippen molar-refractivity contribution in [3.8, 4) is 22.8 Å². The number of phenolic OH excluding ortho intramolecular Hbond substituents is 1. The Balaban J connectivity index is 2.49. The fraction of sp³-hybridized carbons (Fsp3) is 0.250. The van der Waals surface area contributed by atoms with Gasteiger partial charge in [-0.2, -0.15) is 4.98 Å². The molecule has 2 N–H and O–H groups in total. The van der Waals surface area contributed by atoms with E-state index in [4.69, 9.17) is 4.74 Å². The van der Waals surface area contributed by atoms with E-state index in [-0.39, 0.29) is 28.2 Å². The number of H-pyrrole nitrogens is 1. The van der Waals surface area contributed by atoms with Crippen LogP contribution in [0.5, 0.6) is 11.5 Å². The molecule has 9 nitrogen and oxygen atoms in total. The molecule has 0 saturated heterocycles. The first-order valence-corrected chi connectivity index (χ1v) is 8.41. The minimum absolute atomic E-state index is 0.0287. The first kappa shape index (κ1) is 17.9. The van der Waals surface area contributed by atoms with Gasteiger partial charge in [0.25, 0.3) is 5.56 Å². The molecule has 136 valence electrons. The number of benzene rings is 1. The average Bonchev–Trinajstić information content (AvgIpc) is 2.61. The topological polar surface area (TPSA) is 119 Å². The Morgan fingerprint density at radius 3 is 2.58 bits per heavy atom. The largest absolute Gasteiger partial charge is 0.503 e. The standard InChI is InChI=1S/C16H15BrN4O5/c1-4-26-9-6-7(5-8(17)12(9)22)11-10-13(19-15(24)18-11)20(2)16(25)21(3)14(10)23/h5-6,22H,4H2,1-3H3,(H,18,19,24). The van der Waals surface area contributed by atoms with E-state index in [0.29, 0.717) is 16.6 Å². The molecule has 1 aromatic carbocycles. The lowest BCUT2D eigenvalue weighted by Gasteiger charge is -2.13. The summed E-state index contributed by atoms with van der Waals surface area (Å²) in [4.78, 5) is 43.1. The highest BCUT2D eigenvalue weighted by atomic mass is 79.9. The van der Waals surface area contributed by atoms with E-state index in [1.807, 2.05) is 0 Å². The summed E-state index contributed by atoms with van der Waals surface area (Å²) in [5.74, 6) is 0.0842. The summed E-state index contributed by atoms with van der Waals surface area (Å²) in [6, 6.07) is 3.03. The molecule has 0 bridgehead atoms. The number of aromatic amines is 1. The number of nitrogens with one attached hydrogen (secondary N) is 1. The molecule has 0 spiro atoms. The maximum Gasteiger partial charge on any atom is 0.347 e. The van der Waals surface area contributed by atoms with Crippen LogP contribution in [0.4, 0.5) is 0 Å². The van der Waals surface area contributed by atoms with Crippen LogP contribution in [-0.2, 0) is 14.1 Å². The number of aryl methyl sites for hydroxylation is 1. The van der Waals surface area contributed by atoms with Crippen molar-refractivity contribution >= 4 is 27.0 Å². The van der Waals surface area contributed by atoms with Crippen molar-refractivity contribution in [2.45, 2.75) is 6.92 Å². The lowest BCUT2D eigenvalue weighted by atomic mass is 10.1. The Hall–Kier alpha value is -2.88. The molecule has 3 aromatic rings. The highest BCUT2D eigenvalue weighted by molar-refractivity contribution is 9.10. The van der Waals surface area contributed by atoms with E-state index >= 15 is 0 Å². The second kappa shape index (κ2) is 6.45. The normalized spacial score (nSPS) is 11.1. The van der Waals surface area contributed by atoms with Crippen LogP contribution in [0.1, 0.15) is 6.92 Å². The third-order valence-corrected chi connectivity index (χ3v) is 4.54. The van der Waals surface area contributed by atoms with Gasteiger partial charge in [-0.25, -0.2) is 9.59 Å². The monoisotopic (exact) mass is 422 g/mol. The smallest absolute Gasteiger partial charge is 0.347 e. The Labute approximate surface area is 154 Å². The summed E-state index contributed by atoms with van der Waals surface area (Å²) in [5, 5.41) is 10.2. The number of phenols is 1. The third kappa shape index (κ3) is 2.71. The van der Waals surface area contributed by atoms with E-state index in [0.717, 1.165) is 9.13 Å². The van der Waals surface area contributed by atoms with Gasteiger partial charge in [-0.15, -0.1) is 0 Å². The van der Waals surface area contributed by atoms with Crippen molar-refractivity contribution in [1.29, 1.82) is 0 Å². The molecule has 0 amide bonds. The average molecular weight is 423 g/mol. The fourth-order valence-electron chi connectivity index (χ4n) is 2.68. The number of aromatic hydroxyl groups is 1. The van der Waals surface area contributed by atoms with Crippen LogP contribution in [0, 0.1) is 0 Å². The lowest BCUT2D eigenvalue weighted by Crippen LogP contribution is -2.38. The molecule has 0 fully saturated rings. The fourth-order valence-corrected chi connectivity index (χ4v) is 3.12. The van der Waals surface area contributed by atoms with Gasteiger partial charge in [0.15, 0.2) is 17.1 Å². The minimum Gasteiger partial charge on any atom is -0.503 e. The zero-order valence-electron chi connectivity index (χ0n) is 14.2. The summed E-state index contributed by atoms with van der Waals surface area (Å²) in [6.07, 6.45) is 0. The number of hydrogen-bond acceptors (Lipinski definition) is 6. The summed E-state index contributed by atoms with van der Waals surface area (Å²) in [7, 11) is 2.77. The molecular weight excluding hydrogens is 408 g/mol. The van der Waals surface area contributed by atoms with Gasteiger partial charge in [0, 0.05) is 19.7 Å². The Bertz CT molecular complexity index is 1210. The maximum absolute atomic E-state index is 12.7. The number of nitrogens with zero attached hydrogens (tertiary/aromatic N) is 3. The first-order chi connectivity index (χ1) is 12.3. The molecule has 26 heavy (non-hydrogen) atoms. The molecule has 3 rings (SSSR count). The number of fused-ring (bicyclic) bond motifs is 1. The van der Waals surface area contributed by atoms with Crippen molar-refractivity contribution in [1.82, 2.24) is 19.1 Å². The van der Waals surface area contributed by atoms with E-state index in [2.05, 4.69) is 25.9 Å². The van der Waals surface area contributed by atoms with Crippen LogP contribution in [0.3, 0.4) is 0 Å². The van der Waals surface area contributed by atoms with E-state index < -0.39 is 16.9 Å². The SMILES string of the molecule is CCOc1cc(-c2[nH]c(=O)nc3c2c(=O)n(C)c(=O)n3C)cc(Br)c1O. The van der Waals surface area contributed by atoms with Crippen molar-refractivity contribution in [2.75, 3.05) is 6.61 Å². The zero-order chi connectivity index (χ0) is 19.2. The predicted molar refractivity (Wildman–Crippen MR) is 98.8 cm³/mol. The number of halogens is 1. The second-order valence-corrected chi connectivity index (χ2v) is 6.41. The molecule has 0 saturated carbocycles. The van der Waals surface area contributed by atoms with Crippen LogP contribution in [0.15, 0.2) is 31.0 Å². The molecule has 10 heteroatoms. The summed E-state index contributed by atoms with van der Waals surface area (Å²) < 4.78 is 7.79. The van der Waals surface area contributed by atoms with Gasteiger partial charge < -0.3 is 14.8 Å². The Kier molecular flexibility index (Phi) is 4.45. The van der Waals surface area contributed by atoms with Gasteiger partial charge >= 0.3 is 11.4 Å². The van der Waals surface area contributed by atoms with E-state index in [1.54, 1.807) is 6.92 Å². The van der Waals surface area contributed by atoms with Crippen LogP contribution in [0.25, 0.3) is 22.3 Å². The number of rotatable bonds is 3. The molecule has 2 aromatic heterocycles. The van der Waals surface area contributed by atoms with Gasteiger partial charge in [-0.3, -0.25) is 13.9 Å². The van der Waals surface area contributed by atoms with Crippen LogP contribution in [0.2, 0.25) is 0 Å². The third-order valence-electron chi connectivity index (χ3n) is 3.94. The van der Waals surface area contributed by atoms with Gasteiger partial charge in [-0.05, 0) is 35.0 Å². The number of aromatic nitrogens is 4. The maximum atomic E-state index is 12.7. The summed E-state index contributed by atoms with van der Waals surface area (Å²) in [6.45, 7) is 2.07. The van der Waals surface area contributed by atoms with Gasteiger partial charge in [0.2, 0.25) is 0 Å². The zero-order valence-corrected chi connectivity index (χ0v) is 15.7. The molecule has 0 atom stereocenters. The molecular formula is C16H15BrN4O5. The molecule has 0 unspecified atom stereocenters.